The molecule has 2 rings (SSSR count). The maximum Gasteiger partial charge on any atom is 0.417 e. The molecule has 0 atom stereocenters. The van der Waals surface area contributed by atoms with Crippen LogP contribution in [-0.4, -0.2) is 0 Å². The van der Waals surface area contributed by atoms with Crippen LogP contribution in [0.15, 0.2) is 36.4 Å². The third kappa shape index (κ3) is 4.14. The van der Waals surface area contributed by atoms with Gasteiger partial charge in [0.15, 0.2) is 0 Å². The standard InChI is InChI=1S/C16H15ClF3N/c1-10-5-11(2)7-12(6-10)9-21-13-3-4-15(17)14(8-13)16(18,19)20/h3-8,21H,9H2,1-2H3. The Morgan fingerprint density at radius 2 is 1.62 bits per heavy atom. The van der Waals surface area contributed by atoms with Crippen LogP contribution in [0.2, 0.25) is 5.02 Å². The quantitative estimate of drug-likeness (QED) is 0.779. The molecule has 0 aliphatic carbocycles. The smallest absolute Gasteiger partial charge is 0.381 e. The zero-order valence-electron chi connectivity index (χ0n) is 11.7. The lowest BCUT2D eigenvalue weighted by molar-refractivity contribution is -0.137. The van der Waals surface area contributed by atoms with Gasteiger partial charge in [-0.1, -0.05) is 40.9 Å². The summed E-state index contributed by atoms with van der Waals surface area (Å²) < 4.78 is 38.4. The van der Waals surface area contributed by atoms with E-state index in [1.165, 1.54) is 6.07 Å². The van der Waals surface area contributed by atoms with E-state index in [0.29, 0.717) is 12.2 Å². The van der Waals surface area contributed by atoms with Gasteiger partial charge < -0.3 is 5.32 Å². The third-order valence-electron chi connectivity index (χ3n) is 3.05. The molecule has 0 spiro atoms. The molecule has 1 N–H and O–H groups in total. The minimum absolute atomic E-state index is 0.292. The Morgan fingerprint density at radius 1 is 1.00 bits per heavy atom. The number of hydrogen-bond donors (Lipinski definition) is 1. The van der Waals surface area contributed by atoms with Crippen LogP contribution in [0.3, 0.4) is 0 Å². The van der Waals surface area contributed by atoms with Crippen LogP contribution in [0.5, 0.6) is 0 Å². The SMILES string of the molecule is Cc1cc(C)cc(CNc2ccc(Cl)c(C(F)(F)F)c2)c1. The van der Waals surface area contributed by atoms with Crippen molar-refractivity contribution >= 4 is 17.3 Å². The summed E-state index contributed by atoms with van der Waals surface area (Å²) in [6.45, 7) is 4.43. The van der Waals surface area contributed by atoms with Gasteiger partial charge in [0, 0.05) is 12.2 Å². The lowest BCUT2D eigenvalue weighted by Gasteiger charge is -2.13. The summed E-state index contributed by atoms with van der Waals surface area (Å²) in [6.07, 6.45) is -4.45. The highest BCUT2D eigenvalue weighted by Gasteiger charge is 2.33. The number of rotatable bonds is 3. The van der Waals surface area contributed by atoms with E-state index in [2.05, 4.69) is 5.32 Å². The highest BCUT2D eigenvalue weighted by Crippen LogP contribution is 2.36. The Kier molecular flexibility index (Phi) is 4.47. The molecule has 2 aromatic carbocycles. The fourth-order valence-corrected chi connectivity index (χ4v) is 2.45. The van der Waals surface area contributed by atoms with Gasteiger partial charge in [-0.05, 0) is 37.6 Å². The highest BCUT2D eigenvalue weighted by atomic mass is 35.5. The highest BCUT2D eigenvalue weighted by molar-refractivity contribution is 6.31. The summed E-state index contributed by atoms with van der Waals surface area (Å²) in [5.41, 5.74) is 2.84. The van der Waals surface area contributed by atoms with Crippen molar-refractivity contribution in [1.29, 1.82) is 0 Å². The number of nitrogens with one attached hydrogen (secondary N) is 1. The molecule has 0 saturated heterocycles. The first-order chi connectivity index (χ1) is 9.75. The van der Waals surface area contributed by atoms with Gasteiger partial charge in [0.2, 0.25) is 0 Å². The van der Waals surface area contributed by atoms with Gasteiger partial charge in [-0.2, -0.15) is 13.2 Å². The average molecular weight is 314 g/mol. The lowest BCUT2D eigenvalue weighted by atomic mass is 10.1. The molecule has 112 valence electrons. The summed E-state index contributed by atoms with van der Waals surface area (Å²) >= 11 is 5.59. The van der Waals surface area contributed by atoms with Crippen molar-refractivity contribution in [3.8, 4) is 0 Å². The summed E-state index contributed by atoms with van der Waals surface area (Å²) in [6, 6.07) is 9.88. The number of benzene rings is 2. The van der Waals surface area contributed by atoms with Gasteiger partial charge in [-0.15, -0.1) is 0 Å². The zero-order chi connectivity index (χ0) is 15.6. The minimum atomic E-state index is -4.45. The number of aryl methyl sites for hydroxylation is 2. The second-order valence-corrected chi connectivity index (χ2v) is 5.45. The fraction of sp³-hybridized carbons (Fsp3) is 0.250. The van der Waals surface area contributed by atoms with E-state index in [0.717, 1.165) is 22.8 Å². The first-order valence-electron chi connectivity index (χ1n) is 6.43. The monoisotopic (exact) mass is 313 g/mol. The van der Waals surface area contributed by atoms with Crippen LogP contribution in [0.1, 0.15) is 22.3 Å². The fourth-order valence-electron chi connectivity index (χ4n) is 2.23. The number of alkyl halides is 3. The molecule has 2 aromatic rings. The predicted molar refractivity (Wildman–Crippen MR) is 79.7 cm³/mol. The summed E-state index contributed by atoms with van der Waals surface area (Å²) in [7, 11) is 0. The Labute approximate surface area is 126 Å². The molecule has 0 aliphatic heterocycles. The Hall–Kier alpha value is -1.68. The number of halogens is 4. The van der Waals surface area contributed by atoms with Crippen molar-refractivity contribution in [2.24, 2.45) is 0 Å². The Morgan fingerprint density at radius 3 is 2.19 bits per heavy atom. The topological polar surface area (TPSA) is 12.0 Å². The third-order valence-corrected chi connectivity index (χ3v) is 3.38. The maximum absolute atomic E-state index is 12.8. The molecule has 0 heterocycles. The molecule has 21 heavy (non-hydrogen) atoms. The molecule has 0 aromatic heterocycles. The van der Waals surface area contributed by atoms with Crippen LogP contribution >= 0.6 is 11.6 Å². The van der Waals surface area contributed by atoms with E-state index >= 15 is 0 Å². The van der Waals surface area contributed by atoms with Gasteiger partial charge >= 0.3 is 6.18 Å². The lowest BCUT2D eigenvalue weighted by Crippen LogP contribution is -2.07. The van der Waals surface area contributed by atoms with Gasteiger partial charge in [0.1, 0.15) is 0 Å². The van der Waals surface area contributed by atoms with Gasteiger partial charge in [0.05, 0.1) is 10.6 Å². The molecule has 0 saturated carbocycles. The second kappa shape index (κ2) is 5.98. The van der Waals surface area contributed by atoms with Crippen molar-refractivity contribution in [2.75, 3.05) is 5.32 Å². The molecule has 0 radical (unpaired) electrons. The van der Waals surface area contributed by atoms with E-state index < -0.39 is 11.7 Å². The number of hydrogen-bond acceptors (Lipinski definition) is 1. The van der Waals surface area contributed by atoms with Crippen molar-refractivity contribution in [2.45, 2.75) is 26.6 Å². The molecule has 0 fully saturated rings. The van der Waals surface area contributed by atoms with Gasteiger partial charge in [-0.3, -0.25) is 0 Å². The first-order valence-corrected chi connectivity index (χ1v) is 6.81. The summed E-state index contributed by atoms with van der Waals surface area (Å²) in [5, 5.41) is 2.70. The van der Waals surface area contributed by atoms with Crippen LogP contribution in [0, 0.1) is 13.8 Å². The molecular formula is C16H15ClF3N. The molecule has 0 unspecified atom stereocenters. The van der Waals surface area contributed by atoms with Crippen LogP contribution < -0.4 is 5.32 Å². The molecule has 0 aliphatic rings. The van der Waals surface area contributed by atoms with E-state index in [9.17, 15) is 13.2 Å². The van der Waals surface area contributed by atoms with Crippen LogP contribution in [0.25, 0.3) is 0 Å². The van der Waals surface area contributed by atoms with Crippen molar-refractivity contribution in [3.05, 3.63) is 63.7 Å². The Bertz CT molecular complexity index is 630. The number of anilines is 1. The van der Waals surface area contributed by atoms with E-state index in [-0.39, 0.29) is 5.02 Å². The Balaban J connectivity index is 2.17. The second-order valence-electron chi connectivity index (χ2n) is 5.04. The van der Waals surface area contributed by atoms with Crippen molar-refractivity contribution in [1.82, 2.24) is 0 Å². The van der Waals surface area contributed by atoms with Gasteiger partial charge in [0.25, 0.3) is 0 Å². The maximum atomic E-state index is 12.8. The molecule has 0 amide bonds. The van der Waals surface area contributed by atoms with Crippen LogP contribution in [-0.2, 0) is 12.7 Å². The molecule has 0 bridgehead atoms. The van der Waals surface area contributed by atoms with E-state index in [1.54, 1.807) is 6.07 Å². The molecule has 1 nitrogen and oxygen atoms in total. The normalized spacial score (nSPS) is 11.5. The zero-order valence-corrected chi connectivity index (χ0v) is 12.4. The predicted octanol–water partition coefficient (Wildman–Crippen LogP) is 5.59. The van der Waals surface area contributed by atoms with E-state index in [4.69, 9.17) is 11.6 Å². The largest absolute Gasteiger partial charge is 0.417 e. The van der Waals surface area contributed by atoms with Gasteiger partial charge in [-0.25, -0.2) is 0 Å². The van der Waals surface area contributed by atoms with Crippen molar-refractivity contribution in [3.63, 3.8) is 0 Å². The van der Waals surface area contributed by atoms with E-state index in [1.807, 2.05) is 32.0 Å². The first kappa shape index (κ1) is 15.7. The average Bonchev–Trinajstić information content (AvgIpc) is 2.35. The minimum Gasteiger partial charge on any atom is -0.381 e. The summed E-state index contributed by atoms with van der Waals surface area (Å²) in [4.78, 5) is 0. The molecular weight excluding hydrogens is 299 g/mol. The van der Waals surface area contributed by atoms with Crippen LogP contribution in [0.4, 0.5) is 18.9 Å². The van der Waals surface area contributed by atoms with Crippen molar-refractivity contribution < 1.29 is 13.2 Å². The molecule has 5 heteroatoms. The summed E-state index contributed by atoms with van der Waals surface area (Å²) in [5.74, 6) is 0.